The molecular weight excluding hydrogens is 397 g/mol. The van der Waals surface area contributed by atoms with Gasteiger partial charge < -0.3 is 20.1 Å². The van der Waals surface area contributed by atoms with Crippen molar-refractivity contribution in [3.63, 3.8) is 0 Å². The SMILES string of the molecule is CN=C(NCCc1ccc(OC)c(OC)c1)NCCC1CCN(CC(F)(F)F)CC1. The second-order valence-corrected chi connectivity index (χ2v) is 7.49. The van der Waals surface area contributed by atoms with Crippen molar-refractivity contribution in [1.82, 2.24) is 15.5 Å². The van der Waals surface area contributed by atoms with Crippen LogP contribution in [0.5, 0.6) is 11.5 Å². The summed E-state index contributed by atoms with van der Waals surface area (Å²) in [6, 6.07) is 5.85. The van der Waals surface area contributed by atoms with Crippen molar-refractivity contribution in [3.8, 4) is 11.5 Å². The minimum Gasteiger partial charge on any atom is -0.493 e. The third-order valence-corrected chi connectivity index (χ3v) is 5.33. The number of hydrogen-bond acceptors (Lipinski definition) is 4. The summed E-state index contributed by atoms with van der Waals surface area (Å²) in [6.07, 6.45) is -0.759. The average Bonchev–Trinajstić information content (AvgIpc) is 2.72. The van der Waals surface area contributed by atoms with Crippen molar-refractivity contribution in [1.29, 1.82) is 0 Å². The largest absolute Gasteiger partial charge is 0.493 e. The zero-order valence-electron chi connectivity index (χ0n) is 18.0. The Hall–Kier alpha value is -2.16. The molecule has 0 bridgehead atoms. The van der Waals surface area contributed by atoms with Crippen LogP contribution in [0.15, 0.2) is 23.2 Å². The first kappa shape index (κ1) is 24.1. The summed E-state index contributed by atoms with van der Waals surface area (Å²) in [5, 5.41) is 6.58. The first-order chi connectivity index (χ1) is 14.3. The van der Waals surface area contributed by atoms with Crippen molar-refractivity contribution < 1.29 is 22.6 Å². The normalized spacial score (nSPS) is 16.4. The third kappa shape index (κ3) is 8.30. The van der Waals surface area contributed by atoms with Gasteiger partial charge in [0.25, 0.3) is 0 Å². The van der Waals surface area contributed by atoms with Crippen molar-refractivity contribution >= 4 is 5.96 Å². The van der Waals surface area contributed by atoms with E-state index in [4.69, 9.17) is 9.47 Å². The maximum absolute atomic E-state index is 12.5. The molecule has 1 aromatic carbocycles. The molecule has 0 aliphatic carbocycles. The fourth-order valence-electron chi connectivity index (χ4n) is 3.66. The number of benzene rings is 1. The molecule has 1 aliphatic heterocycles. The van der Waals surface area contributed by atoms with E-state index < -0.39 is 12.7 Å². The van der Waals surface area contributed by atoms with Crippen LogP contribution in [0.25, 0.3) is 0 Å². The number of guanidine groups is 1. The Morgan fingerprint density at radius 3 is 2.37 bits per heavy atom. The van der Waals surface area contributed by atoms with E-state index in [9.17, 15) is 13.2 Å². The van der Waals surface area contributed by atoms with Gasteiger partial charge in [0.15, 0.2) is 17.5 Å². The summed E-state index contributed by atoms with van der Waals surface area (Å²) < 4.78 is 48.0. The van der Waals surface area contributed by atoms with Gasteiger partial charge in [-0.3, -0.25) is 9.89 Å². The first-order valence-corrected chi connectivity index (χ1v) is 10.3. The highest BCUT2D eigenvalue weighted by atomic mass is 19.4. The van der Waals surface area contributed by atoms with Gasteiger partial charge in [-0.15, -0.1) is 0 Å². The summed E-state index contributed by atoms with van der Waals surface area (Å²) in [5.41, 5.74) is 1.13. The predicted octanol–water partition coefficient (Wildman–Crippen LogP) is 3.08. The molecule has 0 atom stereocenters. The smallest absolute Gasteiger partial charge is 0.401 e. The van der Waals surface area contributed by atoms with Crippen LogP contribution in [0.4, 0.5) is 13.2 Å². The van der Waals surface area contributed by atoms with E-state index in [0.717, 1.165) is 43.8 Å². The summed E-state index contributed by atoms with van der Waals surface area (Å²) in [4.78, 5) is 5.73. The fraction of sp³-hybridized carbons (Fsp3) is 0.667. The lowest BCUT2D eigenvalue weighted by molar-refractivity contribution is -0.148. The van der Waals surface area contributed by atoms with Crippen molar-refractivity contribution in [2.45, 2.75) is 31.9 Å². The van der Waals surface area contributed by atoms with Gasteiger partial charge in [-0.05, 0) is 62.4 Å². The topological polar surface area (TPSA) is 58.1 Å². The van der Waals surface area contributed by atoms with Gasteiger partial charge in [0.2, 0.25) is 0 Å². The number of alkyl halides is 3. The summed E-state index contributed by atoms with van der Waals surface area (Å²) in [6.45, 7) is 1.70. The molecule has 0 amide bonds. The average molecular weight is 431 g/mol. The van der Waals surface area contributed by atoms with Gasteiger partial charge in [-0.1, -0.05) is 6.07 Å². The number of piperidine rings is 1. The summed E-state index contributed by atoms with van der Waals surface area (Å²) in [7, 11) is 4.95. The van der Waals surface area contributed by atoms with E-state index in [1.54, 1.807) is 21.3 Å². The molecule has 0 aromatic heterocycles. The zero-order valence-corrected chi connectivity index (χ0v) is 18.0. The number of methoxy groups -OCH3 is 2. The number of aliphatic imine (C=N–C) groups is 1. The molecule has 0 unspecified atom stereocenters. The Morgan fingerprint density at radius 1 is 1.10 bits per heavy atom. The number of rotatable bonds is 9. The molecule has 1 aliphatic rings. The molecule has 1 saturated heterocycles. The molecular formula is C21H33F3N4O2. The summed E-state index contributed by atoms with van der Waals surface area (Å²) in [5.74, 6) is 2.59. The standard InChI is InChI=1S/C21H33F3N4O2/c1-25-20(27-11-7-17-4-5-18(29-2)19(14-17)30-3)26-10-6-16-8-12-28(13-9-16)15-21(22,23)24/h4-5,14,16H,6-13,15H2,1-3H3,(H2,25,26,27). The van der Waals surface area contributed by atoms with Crippen molar-refractivity contribution in [3.05, 3.63) is 23.8 Å². The van der Waals surface area contributed by atoms with Crippen LogP contribution in [0.3, 0.4) is 0 Å². The lowest BCUT2D eigenvalue weighted by atomic mass is 9.93. The highest BCUT2D eigenvalue weighted by molar-refractivity contribution is 5.79. The number of hydrogen-bond donors (Lipinski definition) is 2. The van der Waals surface area contributed by atoms with Gasteiger partial charge in [0.1, 0.15) is 0 Å². The van der Waals surface area contributed by atoms with E-state index >= 15 is 0 Å². The second kappa shape index (κ2) is 11.9. The molecule has 9 heteroatoms. The maximum atomic E-state index is 12.5. The van der Waals surface area contributed by atoms with Crippen molar-refractivity contribution in [2.24, 2.45) is 10.9 Å². The minimum atomic E-state index is -4.11. The predicted molar refractivity (Wildman–Crippen MR) is 112 cm³/mol. The van der Waals surface area contributed by atoms with Gasteiger partial charge >= 0.3 is 6.18 Å². The Bertz CT molecular complexity index is 675. The minimum absolute atomic E-state index is 0.451. The van der Waals surface area contributed by atoms with Crippen LogP contribution in [-0.2, 0) is 6.42 Å². The lowest BCUT2D eigenvalue weighted by Crippen LogP contribution is -2.42. The van der Waals surface area contributed by atoms with Gasteiger partial charge in [0.05, 0.1) is 20.8 Å². The van der Waals surface area contributed by atoms with E-state index in [2.05, 4.69) is 15.6 Å². The van der Waals surface area contributed by atoms with Crippen LogP contribution in [0.1, 0.15) is 24.8 Å². The fourth-order valence-corrected chi connectivity index (χ4v) is 3.66. The summed E-state index contributed by atoms with van der Waals surface area (Å²) >= 11 is 0. The zero-order chi connectivity index (χ0) is 22.0. The molecule has 170 valence electrons. The number of halogens is 3. The highest BCUT2D eigenvalue weighted by Crippen LogP contribution is 2.27. The Balaban J connectivity index is 1.65. The number of nitrogens with one attached hydrogen (secondary N) is 2. The number of nitrogens with zero attached hydrogens (tertiary/aromatic N) is 2. The maximum Gasteiger partial charge on any atom is 0.401 e. The lowest BCUT2D eigenvalue weighted by Gasteiger charge is -2.32. The van der Waals surface area contributed by atoms with Crippen LogP contribution in [0, 0.1) is 5.92 Å². The van der Waals surface area contributed by atoms with Gasteiger partial charge in [-0.2, -0.15) is 13.2 Å². The van der Waals surface area contributed by atoms with Crippen LogP contribution < -0.4 is 20.1 Å². The number of likely N-dealkylation sites (tertiary alicyclic amines) is 1. The molecule has 2 N–H and O–H groups in total. The monoisotopic (exact) mass is 430 g/mol. The van der Waals surface area contributed by atoms with E-state index in [0.29, 0.717) is 37.1 Å². The Labute approximate surface area is 176 Å². The first-order valence-electron chi connectivity index (χ1n) is 10.3. The number of ether oxygens (including phenoxy) is 2. The Morgan fingerprint density at radius 2 is 1.77 bits per heavy atom. The van der Waals surface area contributed by atoms with Crippen LogP contribution >= 0.6 is 0 Å². The molecule has 1 heterocycles. The van der Waals surface area contributed by atoms with Gasteiger partial charge in [-0.25, -0.2) is 0 Å². The molecule has 30 heavy (non-hydrogen) atoms. The van der Waals surface area contributed by atoms with E-state index in [1.807, 2.05) is 18.2 Å². The molecule has 0 spiro atoms. The Kier molecular flexibility index (Phi) is 9.55. The van der Waals surface area contributed by atoms with E-state index in [-0.39, 0.29) is 0 Å². The molecule has 1 fully saturated rings. The second-order valence-electron chi connectivity index (χ2n) is 7.49. The van der Waals surface area contributed by atoms with Gasteiger partial charge in [0, 0.05) is 20.1 Å². The van der Waals surface area contributed by atoms with E-state index in [1.165, 1.54) is 4.90 Å². The third-order valence-electron chi connectivity index (χ3n) is 5.33. The molecule has 0 saturated carbocycles. The molecule has 6 nitrogen and oxygen atoms in total. The van der Waals surface area contributed by atoms with Crippen LogP contribution in [0.2, 0.25) is 0 Å². The quantitative estimate of drug-likeness (QED) is 0.466. The highest BCUT2D eigenvalue weighted by Gasteiger charge is 2.32. The van der Waals surface area contributed by atoms with Crippen molar-refractivity contribution in [2.75, 3.05) is 54.0 Å². The molecule has 1 aromatic rings. The van der Waals surface area contributed by atoms with Crippen LogP contribution in [-0.4, -0.2) is 71.0 Å². The molecule has 2 rings (SSSR count). The molecule has 0 radical (unpaired) electrons.